The van der Waals surface area contributed by atoms with E-state index in [0.29, 0.717) is 17.8 Å². The smallest absolute Gasteiger partial charge is 0.240 e. The van der Waals surface area contributed by atoms with Gasteiger partial charge in [0.05, 0.1) is 0 Å². The Morgan fingerprint density at radius 2 is 2.10 bits per heavy atom. The second-order valence-corrected chi connectivity index (χ2v) is 5.97. The number of fused-ring (bicyclic) bond motifs is 1. The number of primary amides is 1. The Morgan fingerprint density at radius 1 is 1.35 bits per heavy atom. The van der Waals surface area contributed by atoms with Crippen molar-refractivity contribution in [3.05, 3.63) is 11.2 Å². The molecule has 2 aliphatic rings. The van der Waals surface area contributed by atoms with E-state index in [1.54, 1.807) is 6.07 Å². The van der Waals surface area contributed by atoms with Crippen molar-refractivity contribution in [2.75, 3.05) is 10.6 Å². The quantitative estimate of drug-likeness (QED) is 0.802. The number of rotatable bonds is 2. The normalized spacial score (nSPS) is 29.2. The largest absolute Gasteiger partial charge is 0.368 e. The van der Waals surface area contributed by atoms with E-state index in [1.807, 2.05) is 4.90 Å². The van der Waals surface area contributed by atoms with E-state index in [4.69, 9.17) is 23.1 Å². The van der Waals surface area contributed by atoms with Crippen molar-refractivity contribution in [1.82, 2.24) is 9.97 Å². The van der Waals surface area contributed by atoms with Crippen molar-refractivity contribution in [2.24, 2.45) is 11.7 Å². The number of carbonyl (C=O) groups excluding carboxylic acids is 1. The van der Waals surface area contributed by atoms with Crippen molar-refractivity contribution in [2.45, 2.75) is 44.2 Å². The van der Waals surface area contributed by atoms with Gasteiger partial charge in [-0.25, -0.2) is 4.98 Å². The molecule has 2 heterocycles. The summed E-state index contributed by atoms with van der Waals surface area (Å²) in [4.78, 5) is 21.9. The maximum absolute atomic E-state index is 11.8. The minimum atomic E-state index is -0.325. The molecular formula is C13H18ClN5O. The zero-order valence-corrected chi connectivity index (χ0v) is 11.9. The molecule has 0 aromatic carbocycles. The fraction of sp³-hybridized carbons (Fsp3) is 0.615. The van der Waals surface area contributed by atoms with Crippen LogP contribution < -0.4 is 16.4 Å². The van der Waals surface area contributed by atoms with Crippen molar-refractivity contribution in [1.29, 1.82) is 0 Å². The molecule has 6 nitrogen and oxygen atoms in total. The number of amides is 1. The lowest BCUT2D eigenvalue weighted by molar-refractivity contribution is -0.119. The summed E-state index contributed by atoms with van der Waals surface area (Å²) < 4.78 is 0. The number of halogens is 1. The highest BCUT2D eigenvalue weighted by Gasteiger charge is 2.45. The molecule has 1 aromatic rings. The van der Waals surface area contributed by atoms with Crippen LogP contribution in [0.5, 0.6) is 0 Å². The molecular weight excluding hydrogens is 278 g/mol. The third-order valence-electron chi connectivity index (χ3n) is 4.38. The Labute approximate surface area is 122 Å². The van der Waals surface area contributed by atoms with Crippen LogP contribution in [0, 0.1) is 5.92 Å². The van der Waals surface area contributed by atoms with Crippen LogP contribution in [0.3, 0.4) is 0 Å². The predicted octanol–water partition coefficient (Wildman–Crippen LogP) is 1.33. The first kappa shape index (κ1) is 13.4. The highest BCUT2D eigenvalue weighted by molar-refractivity contribution is 6.29. The molecule has 7 heteroatoms. The Hall–Kier alpha value is -1.56. The van der Waals surface area contributed by atoms with Gasteiger partial charge in [-0.3, -0.25) is 4.79 Å². The summed E-state index contributed by atoms with van der Waals surface area (Å²) in [5, 5.41) is 0.287. The Balaban J connectivity index is 2.00. The summed E-state index contributed by atoms with van der Waals surface area (Å²) in [5.41, 5.74) is 11.2. The van der Waals surface area contributed by atoms with Gasteiger partial charge in [-0.15, -0.1) is 0 Å². The number of carbonyl (C=O) groups is 1. The molecule has 0 unspecified atom stereocenters. The van der Waals surface area contributed by atoms with E-state index >= 15 is 0 Å². The van der Waals surface area contributed by atoms with Gasteiger partial charge < -0.3 is 16.4 Å². The molecule has 1 amide bonds. The first-order valence-electron chi connectivity index (χ1n) is 6.94. The van der Waals surface area contributed by atoms with Crippen molar-refractivity contribution in [3.8, 4) is 0 Å². The number of hydrogen-bond acceptors (Lipinski definition) is 5. The number of hydrogen-bond donors (Lipinski definition) is 2. The summed E-state index contributed by atoms with van der Waals surface area (Å²) in [6.45, 7) is 0. The molecule has 20 heavy (non-hydrogen) atoms. The van der Waals surface area contributed by atoms with E-state index in [0.717, 1.165) is 25.7 Å². The molecule has 2 fully saturated rings. The predicted molar refractivity (Wildman–Crippen MR) is 77.3 cm³/mol. The average Bonchev–Trinajstić information content (AvgIpc) is 2.77. The van der Waals surface area contributed by atoms with Gasteiger partial charge in [0.15, 0.2) is 0 Å². The molecule has 108 valence electrons. The minimum Gasteiger partial charge on any atom is -0.368 e. The van der Waals surface area contributed by atoms with Gasteiger partial charge in [0.1, 0.15) is 17.0 Å². The first-order chi connectivity index (χ1) is 9.56. The highest BCUT2D eigenvalue weighted by atomic mass is 35.5. The molecule has 1 aliphatic carbocycles. The van der Waals surface area contributed by atoms with Gasteiger partial charge in [-0.05, 0) is 25.2 Å². The van der Waals surface area contributed by atoms with Crippen LogP contribution in [0.1, 0.15) is 32.1 Å². The lowest BCUT2D eigenvalue weighted by Crippen LogP contribution is -2.45. The summed E-state index contributed by atoms with van der Waals surface area (Å²) in [5.74, 6) is 0.916. The molecule has 0 spiro atoms. The molecule has 1 saturated carbocycles. The maximum Gasteiger partial charge on any atom is 0.240 e. The van der Waals surface area contributed by atoms with Crippen LogP contribution in [0.25, 0.3) is 0 Å². The fourth-order valence-electron chi connectivity index (χ4n) is 3.60. The second-order valence-electron chi connectivity index (χ2n) is 5.58. The summed E-state index contributed by atoms with van der Waals surface area (Å²) >= 11 is 5.96. The minimum absolute atomic E-state index is 0.120. The summed E-state index contributed by atoms with van der Waals surface area (Å²) in [6.07, 6.45) is 5.36. The van der Waals surface area contributed by atoms with Gasteiger partial charge in [0.2, 0.25) is 11.9 Å². The van der Waals surface area contributed by atoms with Crippen LogP contribution in [-0.2, 0) is 4.79 Å². The van der Waals surface area contributed by atoms with Gasteiger partial charge in [0, 0.05) is 12.1 Å². The fourth-order valence-corrected chi connectivity index (χ4v) is 3.78. The van der Waals surface area contributed by atoms with E-state index in [1.165, 1.54) is 6.42 Å². The zero-order chi connectivity index (χ0) is 14.3. The topological polar surface area (TPSA) is 98.1 Å². The second kappa shape index (κ2) is 5.09. The summed E-state index contributed by atoms with van der Waals surface area (Å²) in [7, 11) is 0. The highest BCUT2D eigenvalue weighted by Crippen LogP contribution is 2.42. The average molecular weight is 296 g/mol. The molecule has 4 N–H and O–H groups in total. The van der Waals surface area contributed by atoms with Crippen LogP contribution in [0.15, 0.2) is 6.07 Å². The first-order valence-corrected chi connectivity index (χ1v) is 7.32. The van der Waals surface area contributed by atoms with E-state index in [2.05, 4.69) is 9.97 Å². The standard InChI is InChI=1S/C13H18ClN5O/c14-10-6-11(18-13(16)17-10)19-8-4-2-1-3-7(8)5-9(19)12(15)20/h6-9H,1-5H2,(H2,15,20)(H2,16,17,18)/t7-,8-,9+/m1/s1. The van der Waals surface area contributed by atoms with Crippen LogP contribution >= 0.6 is 11.6 Å². The van der Waals surface area contributed by atoms with Gasteiger partial charge >= 0.3 is 0 Å². The Morgan fingerprint density at radius 3 is 2.80 bits per heavy atom. The lowest BCUT2D eigenvalue weighted by atomic mass is 9.85. The van der Waals surface area contributed by atoms with E-state index in [-0.39, 0.29) is 23.1 Å². The van der Waals surface area contributed by atoms with Crippen LogP contribution in [0.4, 0.5) is 11.8 Å². The van der Waals surface area contributed by atoms with Crippen LogP contribution in [0.2, 0.25) is 5.15 Å². The molecule has 3 atom stereocenters. The molecule has 0 radical (unpaired) electrons. The van der Waals surface area contributed by atoms with Gasteiger partial charge in [-0.1, -0.05) is 24.4 Å². The molecule has 1 aliphatic heterocycles. The van der Waals surface area contributed by atoms with E-state index in [9.17, 15) is 4.79 Å². The Bertz CT molecular complexity index is 517. The number of nitrogens with zero attached hydrogens (tertiary/aromatic N) is 3. The number of nitrogen functional groups attached to an aromatic ring is 1. The molecule has 1 aromatic heterocycles. The zero-order valence-electron chi connectivity index (χ0n) is 11.1. The van der Waals surface area contributed by atoms with Crippen LogP contribution in [-0.4, -0.2) is 28.0 Å². The lowest BCUT2D eigenvalue weighted by Gasteiger charge is -2.34. The van der Waals surface area contributed by atoms with E-state index < -0.39 is 0 Å². The third kappa shape index (κ3) is 2.28. The maximum atomic E-state index is 11.8. The number of aromatic nitrogens is 2. The third-order valence-corrected chi connectivity index (χ3v) is 4.57. The number of nitrogens with two attached hydrogens (primary N) is 2. The Kier molecular flexibility index (Phi) is 3.41. The number of anilines is 2. The summed E-state index contributed by atoms with van der Waals surface area (Å²) in [6, 6.07) is 1.63. The monoisotopic (exact) mass is 295 g/mol. The van der Waals surface area contributed by atoms with Crippen molar-refractivity contribution < 1.29 is 4.79 Å². The molecule has 0 bridgehead atoms. The van der Waals surface area contributed by atoms with Gasteiger partial charge in [0.25, 0.3) is 0 Å². The van der Waals surface area contributed by atoms with Crippen molar-refractivity contribution >= 4 is 29.3 Å². The molecule has 1 saturated heterocycles. The van der Waals surface area contributed by atoms with Crippen molar-refractivity contribution in [3.63, 3.8) is 0 Å². The SMILES string of the molecule is NC(=O)[C@@H]1C[C@H]2CCCC[C@H]2N1c1cc(Cl)nc(N)n1. The molecule has 3 rings (SSSR count). The van der Waals surface area contributed by atoms with Gasteiger partial charge in [-0.2, -0.15) is 4.98 Å².